The van der Waals surface area contributed by atoms with Crippen LogP contribution in [0.2, 0.25) is 0 Å². The molecular formula is C29H35Cl2N3O. The fourth-order valence-electron chi connectivity index (χ4n) is 5.69. The van der Waals surface area contributed by atoms with Crippen LogP contribution in [0, 0.1) is 0 Å². The summed E-state index contributed by atoms with van der Waals surface area (Å²) in [7, 11) is 0. The van der Waals surface area contributed by atoms with Gasteiger partial charge in [-0.25, -0.2) is 0 Å². The van der Waals surface area contributed by atoms with Crippen molar-refractivity contribution in [2.75, 3.05) is 42.5 Å². The molecule has 0 bridgehead atoms. The molecule has 4 nitrogen and oxygen atoms in total. The lowest BCUT2D eigenvalue weighted by Gasteiger charge is -2.32. The first-order chi connectivity index (χ1) is 16.3. The summed E-state index contributed by atoms with van der Waals surface area (Å²) in [5.74, 6) is 0.991. The first-order valence-electron chi connectivity index (χ1n) is 12.5. The second-order valence-corrected chi connectivity index (χ2v) is 9.61. The molecule has 3 aromatic rings. The first kappa shape index (κ1) is 25.7. The maximum absolute atomic E-state index is 6.18. The quantitative estimate of drug-likeness (QED) is 0.390. The molecule has 0 spiro atoms. The monoisotopic (exact) mass is 511 g/mol. The van der Waals surface area contributed by atoms with E-state index >= 15 is 0 Å². The van der Waals surface area contributed by atoms with Crippen molar-refractivity contribution in [2.24, 2.45) is 0 Å². The van der Waals surface area contributed by atoms with Crippen LogP contribution >= 0.6 is 24.8 Å². The summed E-state index contributed by atoms with van der Waals surface area (Å²) in [4.78, 5) is 7.69. The second-order valence-electron chi connectivity index (χ2n) is 9.61. The molecule has 0 N–H and O–H groups in total. The highest BCUT2D eigenvalue weighted by atomic mass is 35.5. The van der Waals surface area contributed by atoms with Gasteiger partial charge in [0.15, 0.2) is 0 Å². The van der Waals surface area contributed by atoms with Gasteiger partial charge < -0.3 is 19.4 Å². The van der Waals surface area contributed by atoms with Crippen LogP contribution in [0.3, 0.4) is 0 Å². The zero-order valence-electron chi connectivity index (χ0n) is 20.1. The zero-order valence-corrected chi connectivity index (χ0v) is 21.8. The standard InChI is InChI=1S/C29H33N3O.2ClH/c1-2-8-27-24(7-1)22-33-29-10-4-3-9-28(29)32(27)26-16-20-30(21-26)19-15-23-11-13-25(14-12-23)31-17-5-6-18-31;;/h1-4,7-14,26H,5-6,15-22H2;2*1H/t26-;;/m1../s1. The summed E-state index contributed by atoms with van der Waals surface area (Å²) in [6.07, 6.45) is 4.95. The number of benzene rings is 3. The van der Waals surface area contributed by atoms with Gasteiger partial charge in [-0.1, -0.05) is 42.5 Å². The largest absolute Gasteiger partial charge is 0.487 e. The van der Waals surface area contributed by atoms with Gasteiger partial charge in [0.05, 0.1) is 5.69 Å². The third-order valence-electron chi connectivity index (χ3n) is 7.50. The molecule has 0 aromatic heterocycles. The van der Waals surface area contributed by atoms with Gasteiger partial charge in [0.1, 0.15) is 12.4 Å². The number of likely N-dealkylation sites (tertiary alicyclic amines) is 1. The molecule has 0 unspecified atom stereocenters. The van der Waals surface area contributed by atoms with Crippen LogP contribution in [0.5, 0.6) is 5.75 Å². The number of hydrogen-bond acceptors (Lipinski definition) is 4. The van der Waals surface area contributed by atoms with Crippen molar-refractivity contribution in [1.29, 1.82) is 0 Å². The maximum atomic E-state index is 6.18. The lowest BCUT2D eigenvalue weighted by molar-refractivity contribution is 0.310. The Morgan fingerprint density at radius 1 is 0.771 bits per heavy atom. The van der Waals surface area contributed by atoms with Gasteiger partial charge in [0.2, 0.25) is 0 Å². The molecule has 3 aromatic carbocycles. The zero-order chi connectivity index (χ0) is 22.0. The van der Waals surface area contributed by atoms with E-state index in [0.717, 1.165) is 31.8 Å². The Labute approximate surface area is 221 Å². The van der Waals surface area contributed by atoms with E-state index in [0.29, 0.717) is 12.6 Å². The molecule has 186 valence electrons. The van der Waals surface area contributed by atoms with E-state index in [1.165, 1.54) is 60.5 Å². The lowest BCUT2D eigenvalue weighted by atomic mass is 10.1. The number of fused-ring (bicyclic) bond motifs is 2. The minimum atomic E-state index is 0. The molecule has 6 rings (SSSR count). The summed E-state index contributed by atoms with van der Waals surface area (Å²) in [5.41, 5.74) is 6.60. The van der Waals surface area contributed by atoms with Crippen molar-refractivity contribution in [3.8, 4) is 5.75 Å². The van der Waals surface area contributed by atoms with E-state index in [1.54, 1.807) is 0 Å². The molecule has 35 heavy (non-hydrogen) atoms. The molecule has 3 aliphatic rings. The van der Waals surface area contributed by atoms with E-state index < -0.39 is 0 Å². The van der Waals surface area contributed by atoms with Gasteiger partial charge in [0, 0.05) is 55.7 Å². The second kappa shape index (κ2) is 11.6. The number of rotatable bonds is 5. The molecule has 3 heterocycles. The van der Waals surface area contributed by atoms with E-state index in [4.69, 9.17) is 4.74 Å². The van der Waals surface area contributed by atoms with Crippen molar-refractivity contribution < 1.29 is 4.74 Å². The Kier molecular flexibility index (Phi) is 8.48. The third-order valence-corrected chi connectivity index (χ3v) is 7.50. The molecule has 1 atom stereocenters. The van der Waals surface area contributed by atoms with Crippen LogP contribution in [0.4, 0.5) is 17.1 Å². The van der Waals surface area contributed by atoms with Crippen LogP contribution in [-0.4, -0.2) is 43.7 Å². The SMILES string of the molecule is Cl.Cl.c1ccc2c(c1)COc1ccccc1N2[C@@H]1CCN(CCc2ccc(N3CCCC3)cc2)C1. The van der Waals surface area contributed by atoms with Crippen LogP contribution in [-0.2, 0) is 13.0 Å². The Morgan fingerprint density at radius 2 is 1.49 bits per heavy atom. The van der Waals surface area contributed by atoms with E-state index in [2.05, 4.69) is 87.5 Å². The summed E-state index contributed by atoms with van der Waals surface area (Å²) in [6, 6.07) is 27.0. The van der Waals surface area contributed by atoms with Crippen molar-refractivity contribution in [3.05, 3.63) is 83.9 Å². The van der Waals surface area contributed by atoms with Crippen molar-refractivity contribution >= 4 is 41.9 Å². The summed E-state index contributed by atoms with van der Waals surface area (Å²) in [6.45, 7) is 6.41. The molecular weight excluding hydrogens is 477 g/mol. The van der Waals surface area contributed by atoms with Gasteiger partial charge in [-0.15, -0.1) is 24.8 Å². The highest BCUT2D eigenvalue weighted by Gasteiger charge is 2.32. The van der Waals surface area contributed by atoms with Crippen LogP contribution in [0.1, 0.15) is 30.4 Å². The van der Waals surface area contributed by atoms with Crippen LogP contribution in [0.15, 0.2) is 72.8 Å². The van der Waals surface area contributed by atoms with E-state index in [1.807, 2.05) is 0 Å². The maximum Gasteiger partial charge on any atom is 0.143 e. The third kappa shape index (κ3) is 5.40. The average Bonchev–Trinajstić information content (AvgIpc) is 3.53. The summed E-state index contributed by atoms with van der Waals surface area (Å²) in [5, 5.41) is 0. The van der Waals surface area contributed by atoms with Crippen molar-refractivity contribution in [1.82, 2.24) is 4.90 Å². The number of anilines is 3. The fraction of sp³-hybridized carbons (Fsp3) is 0.379. The van der Waals surface area contributed by atoms with Gasteiger partial charge in [-0.05, 0) is 61.6 Å². The van der Waals surface area contributed by atoms with Crippen molar-refractivity contribution in [2.45, 2.75) is 38.3 Å². The van der Waals surface area contributed by atoms with Gasteiger partial charge in [-0.3, -0.25) is 0 Å². The Bertz CT molecular complexity index is 1050. The summed E-state index contributed by atoms with van der Waals surface area (Å²) >= 11 is 0. The Balaban J connectivity index is 0.00000144. The number of hydrogen-bond donors (Lipinski definition) is 0. The number of nitrogens with zero attached hydrogens (tertiary/aromatic N) is 3. The van der Waals surface area contributed by atoms with Crippen molar-refractivity contribution in [3.63, 3.8) is 0 Å². The number of para-hydroxylation sites is 3. The first-order valence-corrected chi connectivity index (χ1v) is 12.5. The van der Waals surface area contributed by atoms with E-state index in [-0.39, 0.29) is 24.8 Å². The molecule has 2 saturated heterocycles. The lowest BCUT2D eigenvalue weighted by Crippen LogP contribution is -2.35. The predicted molar refractivity (Wildman–Crippen MR) is 150 cm³/mol. The van der Waals surface area contributed by atoms with Crippen LogP contribution in [0.25, 0.3) is 0 Å². The predicted octanol–water partition coefficient (Wildman–Crippen LogP) is 6.48. The molecule has 0 radical (unpaired) electrons. The topological polar surface area (TPSA) is 19.0 Å². The highest BCUT2D eigenvalue weighted by Crippen LogP contribution is 2.42. The Morgan fingerprint density at radius 3 is 2.29 bits per heavy atom. The Hall–Kier alpha value is -2.40. The van der Waals surface area contributed by atoms with Gasteiger partial charge in [-0.2, -0.15) is 0 Å². The normalized spacial score (nSPS) is 19.1. The molecule has 3 aliphatic heterocycles. The molecule has 2 fully saturated rings. The smallest absolute Gasteiger partial charge is 0.143 e. The minimum Gasteiger partial charge on any atom is -0.487 e. The fourth-order valence-corrected chi connectivity index (χ4v) is 5.69. The number of halogens is 2. The minimum absolute atomic E-state index is 0. The molecule has 6 heteroatoms. The van der Waals surface area contributed by atoms with Gasteiger partial charge in [0.25, 0.3) is 0 Å². The average molecular weight is 513 g/mol. The highest BCUT2D eigenvalue weighted by molar-refractivity contribution is 5.85. The van der Waals surface area contributed by atoms with Gasteiger partial charge >= 0.3 is 0 Å². The number of ether oxygens (including phenoxy) is 1. The van der Waals surface area contributed by atoms with E-state index in [9.17, 15) is 0 Å². The molecule has 0 aliphatic carbocycles. The molecule has 0 amide bonds. The van der Waals surface area contributed by atoms with Crippen LogP contribution < -0.4 is 14.5 Å². The molecule has 0 saturated carbocycles. The summed E-state index contributed by atoms with van der Waals surface area (Å²) < 4.78 is 6.18.